The molecule has 1 atom stereocenters. The quantitative estimate of drug-likeness (QED) is 0.248. The van der Waals surface area contributed by atoms with E-state index in [1.807, 2.05) is 12.1 Å². The molecule has 48 heavy (non-hydrogen) atoms. The first-order chi connectivity index (χ1) is 23.3. The summed E-state index contributed by atoms with van der Waals surface area (Å²) < 4.78 is 40.6. The number of pyridine rings is 1. The van der Waals surface area contributed by atoms with E-state index in [2.05, 4.69) is 45.2 Å². The first-order valence-electron chi connectivity index (χ1n) is 15.9. The summed E-state index contributed by atoms with van der Waals surface area (Å²) in [5.41, 5.74) is 1.28. The van der Waals surface area contributed by atoms with Crippen molar-refractivity contribution in [3.05, 3.63) is 107 Å². The van der Waals surface area contributed by atoms with Gasteiger partial charge >= 0.3 is 0 Å². The largest absolute Gasteiger partial charge is 0.497 e. The van der Waals surface area contributed by atoms with Crippen LogP contribution in [0.2, 0.25) is 0 Å². The summed E-state index contributed by atoms with van der Waals surface area (Å²) in [5, 5.41) is 13.3. The van der Waals surface area contributed by atoms with Crippen LogP contribution in [-0.2, 0) is 26.9 Å². The monoisotopic (exact) mass is 666 g/mol. The molecule has 12 heteroatoms. The second-order valence-electron chi connectivity index (χ2n) is 11.6. The third-order valence-corrected chi connectivity index (χ3v) is 10.7. The van der Waals surface area contributed by atoms with Crippen molar-refractivity contribution in [1.29, 1.82) is 5.26 Å². The van der Waals surface area contributed by atoms with Crippen molar-refractivity contribution in [2.45, 2.75) is 30.8 Å². The van der Waals surface area contributed by atoms with E-state index >= 15 is 0 Å². The predicted molar refractivity (Wildman–Crippen MR) is 183 cm³/mol. The van der Waals surface area contributed by atoms with Crippen LogP contribution >= 0.6 is 0 Å². The molecule has 0 spiro atoms. The van der Waals surface area contributed by atoms with Gasteiger partial charge in [0.2, 0.25) is 5.88 Å². The Hall–Kier alpha value is -4.96. The number of benzene rings is 3. The van der Waals surface area contributed by atoms with Crippen molar-refractivity contribution in [3.63, 3.8) is 0 Å². The Balaban J connectivity index is 1.44. The lowest BCUT2D eigenvalue weighted by molar-refractivity contribution is -0.121. The summed E-state index contributed by atoms with van der Waals surface area (Å²) in [6.45, 7) is 9.40. The zero-order valence-corrected chi connectivity index (χ0v) is 28.0. The molecule has 1 aromatic heterocycles. The average Bonchev–Trinajstić information content (AvgIpc) is 3.38. The van der Waals surface area contributed by atoms with Gasteiger partial charge in [0.15, 0.2) is 5.54 Å². The number of carbonyl (C=O) groups is 1. The number of aromatic nitrogens is 1. The Morgan fingerprint density at radius 3 is 2.33 bits per heavy atom. The van der Waals surface area contributed by atoms with Crippen LogP contribution in [0.25, 0.3) is 0 Å². The maximum Gasteiger partial charge on any atom is 0.270 e. The minimum atomic E-state index is -4.42. The number of fused-ring (bicyclic) bond motifs is 1. The number of hydrogen-bond donors (Lipinski definition) is 1. The van der Waals surface area contributed by atoms with Gasteiger partial charge in [-0.25, -0.2) is 17.7 Å². The molecule has 1 unspecified atom stereocenters. The van der Waals surface area contributed by atoms with Crippen molar-refractivity contribution >= 4 is 27.3 Å². The summed E-state index contributed by atoms with van der Waals surface area (Å²) in [6.07, 6.45) is 1.55. The van der Waals surface area contributed by atoms with E-state index in [0.29, 0.717) is 16.9 Å². The second kappa shape index (κ2) is 13.6. The molecule has 0 saturated carbocycles. The van der Waals surface area contributed by atoms with Crippen LogP contribution in [0.15, 0.2) is 90.0 Å². The molecule has 3 heterocycles. The molecule has 1 saturated heterocycles. The van der Waals surface area contributed by atoms with Gasteiger partial charge in [-0.05, 0) is 85.8 Å². The number of amides is 1. The Bertz CT molecular complexity index is 1940. The zero-order valence-electron chi connectivity index (χ0n) is 27.2. The van der Waals surface area contributed by atoms with E-state index in [-0.39, 0.29) is 35.2 Å². The number of methoxy groups -OCH3 is 1. The third-order valence-electron chi connectivity index (χ3n) is 8.99. The second-order valence-corrected chi connectivity index (χ2v) is 13.4. The molecule has 1 amide bonds. The molecule has 4 aromatic rings. The molecule has 2 aliphatic rings. The maximum atomic E-state index is 15.0. The molecule has 2 aliphatic heterocycles. The van der Waals surface area contributed by atoms with Crippen LogP contribution in [0.5, 0.6) is 11.6 Å². The Labute approximate surface area is 281 Å². The number of carbonyl (C=O) groups excluding carboxylic acids is 1. The lowest BCUT2D eigenvalue weighted by atomic mass is 9.83. The standard InChI is InChI=1S/C36H38N6O5S/c1-4-40-19-21-41(22-20-40)28-11-8-26(9-12-28)25-39-36(31-7-6-18-38-34(31)47-5-2)32-23-27(24-37)10-17-33(32)42(35(36)43)48(44,45)30-15-13-29(46-3)14-16-30/h6-18,23,39H,4-5,19-22,25H2,1-3H3. The van der Waals surface area contributed by atoms with Crippen LogP contribution in [0.1, 0.15) is 36.1 Å². The highest BCUT2D eigenvalue weighted by Crippen LogP contribution is 2.49. The topological polar surface area (TPSA) is 128 Å². The fourth-order valence-corrected chi connectivity index (χ4v) is 7.85. The van der Waals surface area contributed by atoms with Crippen LogP contribution < -0.4 is 24.0 Å². The minimum Gasteiger partial charge on any atom is -0.497 e. The number of anilines is 2. The number of rotatable bonds is 11. The molecule has 1 fully saturated rings. The Morgan fingerprint density at radius 1 is 0.958 bits per heavy atom. The van der Waals surface area contributed by atoms with Crippen molar-refractivity contribution in [1.82, 2.24) is 15.2 Å². The van der Waals surface area contributed by atoms with Gasteiger partial charge in [0, 0.05) is 55.7 Å². The molecule has 6 rings (SSSR count). The van der Waals surface area contributed by atoms with E-state index in [0.717, 1.165) is 48.3 Å². The molecule has 0 radical (unpaired) electrons. The number of nitrogens with one attached hydrogen (secondary N) is 1. The predicted octanol–water partition coefficient (Wildman–Crippen LogP) is 4.27. The van der Waals surface area contributed by atoms with Crippen LogP contribution in [0.3, 0.4) is 0 Å². The van der Waals surface area contributed by atoms with Crippen molar-refractivity contribution in [3.8, 4) is 17.7 Å². The third kappa shape index (κ3) is 5.85. The van der Waals surface area contributed by atoms with Crippen molar-refractivity contribution in [2.24, 2.45) is 0 Å². The number of piperazine rings is 1. The highest BCUT2D eigenvalue weighted by atomic mass is 32.2. The summed E-state index contributed by atoms with van der Waals surface area (Å²) in [5.74, 6) is -0.107. The molecule has 3 aromatic carbocycles. The molecule has 11 nitrogen and oxygen atoms in total. The van der Waals surface area contributed by atoms with Crippen molar-refractivity contribution < 1.29 is 22.7 Å². The van der Waals surface area contributed by atoms with Gasteiger partial charge < -0.3 is 19.3 Å². The molecule has 248 valence electrons. The van der Waals surface area contributed by atoms with Crippen LogP contribution in [0, 0.1) is 11.3 Å². The van der Waals surface area contributed by atoms with Crippen molar-refractivity contribution in [2.75, 3.05) is 55.6 Å². The van der Waals surface area contributed by atoms with Gasteiger partial charge in [0.1, 0.15) is 5.75 Å². The molecule has 0 bridgehead atoms. The summed E-state index contributed by atoms with van der Waals surface area (Å²) in [7, 11) is -2.93. The molecule has 1 N–H and O–H groups in total. The van der Waals surface area contributed by atoms with Gasteiger partial charge in [-0.2, -0.15) is 5.26 Å². The maximum absolute atomic E-state index is 15.0. The van der Waals surface area contributed by atoms with E-state index in [9.17, 15) is 18.5 Å². The minimum absolute atomic E-state index is 0.0886. The first-order valence-corrected chi connectivity index (χ1v) is 17.4. The van der Waals surface area contributed by atoms with Gasteiger partial charge in [0.25, 0.3) is 15.9 Å². The summed E-state index contributed by atoms with van der Waals surface area (Å²) >= 11 is 0. The number of nitrogens with zero attached hydrogens (tertiary/aromatic N) is 5. The number of sulfonamides is 1. The first kappa shape index (κ1) is 33.0. The van der Waals surface area contributed by atoms with Crippen LogP contribution in [-0.4, -0.2) is 70.6 Å². The van der Waals surface area contributed by atoms with Gasteiger partial charge in [-0.3, -0.25) is 10.1 Å². The molecular weight excluding hydrogens is 628 g/mol. The van der Waals surface area contributed by atoms with Gasteiger partial charge in [-0.15, -0.1) is 0 Å². The number of ether oxygens (including phenoxy) is 2. The van der Waals surface area contributed by atoms with Gasteiger partial charge in [0.05, 0.1) is 35.9 Å². The van der Waals surface area contributed by atoms with E-state index in [4.69, 9.17) is 9.47 Å². The number of likely N-dealkylation sites (N-methyl/N-ethyl adjacent to an activating group) is 1. The lowest BCUT2D eigenvalue weighted by Gasteiger charge is -2.35. The highest BCUT2D eigenvalue weighted by molar-refractivity contribution is 7.93. The Kier molecular flexibility index (Phi) is 9.37. The van der Waals surface area contributed by atoms with E-state index < -0.39 is 21.5 Å². The SMILES string of the molecule is CCOc1ncccc1C1(NCc2ccc(N3CCN(CC)CC3)cc2)C(=O)N(S(=O)(=O)c2ccc(OC)cc2)c2ccc(C#N)cc21. The molecular formula is C36H38N6O5S. The van der Waals surface area contributed by atoms with Gasteiger partial charge in [-0.1, -0.05) is 19.1 Å². The number of hydrogen-bond acceptors (Lipinski definition) is 10. The van der Waals surface area contributed by atoms with Crippen LogP contribution in [0.4, 0.5) is 11.4 Å². The average molecular weight is 667 g/mol. The zero-order chi connectivity index (χ0) is 33.9. The Morgan fingerprint density at radius 2 is 1.69 bits per heavy atom. The fourth-order valence-electron chi connectivity index (χ4n) is 6.39. The summed E-state index contributed by atoms with van der Waals surface area (Å²) in [6, 6.07) is 24.1. The lowest BCUT2D eigenvalue weighted by Crippen LogP contribution is -2.52. The fraction of sp³-hybridized carbons (Fsp3) is 0.306. The smallest absolute Gasteiger partial charge is 0.270 e. The normalized spacial score (nSPS) is 18.0. The van der Waals surface area contributed by atoms with E-state index in [1.165, 1.54) is 43.5 Å². The van der Waals surface area contributed by atoms with E-state index in [1.54, 1.807) is 31.3 Å². The summed E-state index contributed by atoms with van der Waals surface area (Å²) in [4.78, 5) is 24.1. The number of nitriles is 1. The highest BCUT2D eigenvalue weighted by Gasteiger charge is 2.57. The molecule has 0 aliphatic carbocycles.